The second kappa shape index (κ2) is 4.58. The summed E-state index contributed by atoms with van der Waals surface area (Å²) in [5.74, 6) is -0.0540. The van der Waals surface area contributed by atoms with Crippen LogP contribution in [0.15, 0.2) is 24.7 Å². The molecule has 0 radical (unpaired) electrons. The second-order valence-corrected chi connectivity index (χ2v) is 4.23. The Bertz CT molecular complexity index is 590. The van der Waals surface area contributed by atoms with Gasteiger partial charge in [0.15, 0.2) is 5.78 Å². The molecule has 0 saturated heterocycles. The number of carbonyl (C=O) groups excluding carboxylic acids is 1. The molecule has 18 heavy (non-hydrogen) atoms. The maximum Gasteiger partial charge on any atom is 0.187 e. The first-order valence-electron chi connectivity index (χ1n) is 5.49. The van der Waals surface area contributed by atoms with Crippen molar-refractivity contribution in [1.29, 1.82) is 0 Å². The summed E-state index contributed by atoms with van der Waals surface area (Å²) >= 11 is 0. The van der Waals surface area contributed by atoms with Crippen LogP contribution >= 0.6 is 0 Å². The lowest BCUT2D eigenvalue weighted by Crippen LogP contribution is -2.22. The Hall–Kier alpha value is -2.21. The van der Waals surface area contributed by atoms with Crippen molar-refractivity contribution >= 4 is 11.6 Å². The number of hydrogen-bond acceptors (Lipinski definition) is 5. The molecule has 94 valence electrons. The van der Waals surface area contributed by atoms with E-state index < -0.39 is 6.04 Å². The molecule has 6 heteroatoms. The second-order valence-electron chi connectivity index (χ2n) is 4.23. The van der Waals surface area contributed by atoms with Crippen molar-refractivity contribution < 1.29 is 4.79 Å². The van der Waals surface area contributed by atoms with E-state index in [-0.39, 0.29) is 11.6 Å². The Morgan fingerprint density at radius 2 is 2.17 bits per heavy atom. The van der Waals surface area contributed by atoms with Crippen molar-refractivity contribution in [2.24, 2.45) is 12.8 Å². The summed E-state index contributed by atoms with van der Waals surface area (Å²) in [4.78, 5) is 16.2. The Morgan fingerprint density at radius 1 is 1.44 bits per heavy atom. The maximum atomic E-state index is 12.2. The van der Waals surface area contributed by atoms with E-state index in [4.69, 9.17) is 11.5 Å². The molecule has 0 bridgehead atoms. The number of anilines is 1. The predicted molar refractivity (Wildman–Crippen MR) is 67.9 cm³/mol. The van der Waals surface area contributed by atoms with Crippen LogP contribution in [0.25, 0.3) is 0 Å². The summed E-state index contributed by atoms with van der Waals surface area (Å²) in [6.07, 6.45) is 4.89. The van der Waals surface area contributed by atoms with Gasteiger partial charge in [-0.1, -0.05) is 0 Å². The van der Waals surface area contributed by atoms with Gasteiger partial charge in [-0.2, -0.15) is 5.10 Å². The number of nitrogens with two attached hydrogens (primary N) is 2. The zero-order chi connectivity index (χ0) is 13.3. The standard InChI is InChI=1S/C12H15N5O/c1-7-3-9(12(14)15-4-7)11(18)10(13)8-5-16-17(2)6-8/h3-6,10H,13H2,1-2H3,(H2,14,15). The number of aromatic nitrogens is 3. The summed E-state index contributed by atoms with van der Waals surface area (Å²) in [6, 6.07) is 0.922. The molecule has 1 unspecified atom stereocenters. The van der Waals surface area contributed by atoms with Crippen LogP contribution in [0.2, 0.25) is 0 Å². The van der Waals surface area contributed by atoms with Crippen LogP contribution in [0, 0.1) is 6.92 Å². The van der Waals surface area contributed by atoms with Crippen molar-refractivity contribution in [1.82, 2.24) is 14.8 Å². The largest absolute Gasteiger partial charge is 0.383 e. The fraction of sp³-hybridized carbons (Fsp3) is 0.250. The molecule has 0 fully saturated rings. The number of aryl methyl sites for hydroxylation is 2. The molecule has 2 aromatic rings. The van der Waals surface area contributed by atoms with Gasteiger partial charge in [0.1, 0.15) is 5.82 Å². The first kappa shape index (κ1) is 12.3. The van der Waals surface area contributed by atoms with E-state index >= 15 is 0 Å². The van der Waals surface area contributed by atoms with Gasteiger partial charge in [-0.25, -0.2) is 4.98 Å². The minimum atomic E-state index is -0.774. The van der Waals surface area contributed by atoms with E-state index in [0.717, 1.165) is 5.56 Å². The van der Waals surface area contributed by atoms with Gasteiger partial charge in [0.05, 0.1) is 17.8 Å². The van der Waals surface area contributed by atoms with E-state index in [1.54, 1.807) is 36.4 Å². The predicted octanol–water partition coefficient (Wildman–Crippen LogP) is 0.588. The first-order valence-corrected chi connectivity index (χ1v) is 5.49. The van der Waals surface area contributed by atoms with Crippen LogP contribution in [0.5, 0.6) is 0 Å². The Balaban J connectivity index is 2.33. The fourth-order valence-corrected chi connectivity index (χ4v) is 1.70. The molecule has 0 spiro atoms. The average Bonchev–Trinajstić information content (AvgIpc) is 2.77. The van der Waals surface area contributed by atoms with E-state index in [2.05, 4.69) is 10.1 Å². The molecule has 0 aliphatic heterocycles. The summed E-state index contributed by atoms with van der Waals surface area (Å²) in [7, 11) is 1.77. The fourth-order valence-electron chi connectivity index (χ4n) is 1.70. The van der Waals surface area contributed by atoms with Crippen LogP contribution in [0.3, 0.4) is 0 Å². The van der Waals surface area contributed by atoms with Crippen molar-refractivity contribution in [2.45, 2.75) is 13.0 Å². The van der Waals surface area contributed by atoms with Crippen molar-refractivity contribution in [2.75, 3.05) is 5.73 Å². The molecule has 2 aromatic heterocycles. The number of nitrogen functional groups attached to an aromatic ring is 1. The molecule has 0 saturated carbocycles. The van der Waals surface area contributed by atoms with Gasteiger partial charge < -0.3 is 11.5 Å². The monoisotopic (exact) mass is 245 g/mol. The van der Waals surface area contributed by atoms with Gasteiger partial charge in [0, 0.05) is 25.0 Å². The zero-order valence-corrected chi connectivity index (χ0v) is 10.3. The highest BCUT2D eigenvalue weighted by molar-refractivity contribution is 6.03. The quantitative estimate of drug-likeness (QED) is 0.771. The minimum absolute atomic E-state index is 0.199. The van der Waals surface area contributed by atoms with Crippen LogP contribution in [0.4, 0.5) is 5.82 Å². The molecule has 1 atom stereocenters. The van der Waals surface area contributed by atoms with Gasteiger partial charge in [0.25, 0.3) is 0 Å². The number of pyridine rings is 1. The topological polar surface area (TPSA) is 99.8 Å². The third-order valence-corrected chi connectivity index (χ3v) is 2.69. The van der Waals surface area contributed by atoms with Gasteiger partial charge in [-0.3, -0.25) is 9.48 Å². The molecular formula is C12H15N5O. The van der Waals surface area contributed by atoms with Crippen molar-refractivity contribution in [3.8, 4) is 0 Å². The summed E-state index contributed by atoms with van der Waals surface area (Å²) in [6.45, 7) is 1.85. The SMILES string of the molecule is Cc1cnc(N)c(C(=O)C(N)c2cnn(C)c2)c1. The average molecular weight is 245 g/mol. The molecule has 2 rings (SSSR count). The minimum Gasteiger partial charge on any atom is -0.383 e. The molecule has 2 heterocycles. The zero-order valence-electron chi connectivity index (χ0n) is 10.3. The summed E-state index contributed by atoms with van der Waals surface area (Å²) in [5, 5.41) is 3.99. The smallest absolute Gasteiger partial charge is 0.187 e. The molecule has 6 nitrogen and oxygen atoms in total. The maximum absolute atomic E-state index is 12.2. The molecule has 0 aromatic carbocycles. The van der Waals surface area contributed by atoms with Gasteiger partial charge >= 0.3 is 0 Å². The van der Waals surface area contributed by atoms with E-state index in [1.165, 1.54) is 0 Å². The normalized spacial score (nSPS) is 12.4. The molecule has 4 N–H and O–H groups in total. The Kier molecular flexibility index (Phi) is 3.12. The molecule has 0 aliphatic rings. The van der Waals surface area contributed by atoms with E-state index in [1.807, 2.05) is 6.92 Å². The highest BCUT2D eigenvalue weighted by Crippen LogP contribution is 2.19. The third-order valence-electron chi connectivity index (χ3n) is 2.69. The van der Waals surface area contributed by atoms with Crippen LogP contribution < -0.4 is 11.5 Å². The highest BCUT2D eigenvalue weighted by Gasteiger charge is 2.21. The lowest BCUT2D eigenvalue weighted by Gasteiger charge is -2.10. The Morgan fingerprint density at radius 3 is 2.78 bits per heavy atom. The van der Waals surface area contributed by atoms with Crippen LogP contribution in [-0.2, 0) is 7.05 Å². The van der Waals surface area contributed by atoms with Gasteiger partial charge in [-0.15, -0.1) is 0 Å². The number of nitrogens with zero attached hydrogens (tertiary/aromatic N) is 3. The molecule has 0 aliphatic carbocycles. The van der Waals surface area contributed by atoms with Crippen LogP contribution in [-0.4, -0.2) is 20.5 Å². The van der Waals surface area contributed by atoms with E-state index in [9.17, 15) is 4.79 Å². The lowest BCUT2D eigenvalue weighted by molar-refractivity contribution is 0.0962. The molecule has 0 amide bonds. The summed E-state index contributed by atoms with van der Waals surface area (Å²) < 4.78 is 1.60. The highest BCUT2D eigenvalue weighted by atomic mass is 16.1. The van der Waals surface area contributed by atoms with E-state index in [0.29, 0.717) is 11.1 Å². The summed E-state index contributed by atoms with van der Waals surface area (Å²) in [5.41, 5.74) is 13.5. The van der Waals surface area contributed by atoms with Gasteiger partial charge in [-0.05, 0) is 18.6 Å². The third kappa shape index (κ3) is 2.23. The number of rotatable bonds is 3. The number of ketones is 1. The van der Waals surface area contributed by atoms with Crippen LogP contribution in [0.1, 0.15) is 27.5 Å². The number of Topliss-reactive ketones (excluding diaryl/α,β-unsaturated/α-hetero) is 1. The number of hydrogen-bond donors (Lipinski definition) is 2. The van der Waals surface area contributed by atoms with Gasteiger partial charge in [0.2, 0.25) is 0 Å². The van der Waals surface area contributed by atoms with Crippen molar-refractivity contribution in [3.05, 3.63) is 41.3 Å². The molecular weight excluding hydrogens is 230 g/mol. The number of carbonyl (C=O) groups is 1. The first-order chi connectivity index (χ1) is 8.49. The Labute approximate surface area is 105 Å². The lowest BCUT2D eigenvalue weighted by atomic mass is 10.0. The van der Waals surface area contributed by atoms with Crippen molar-refractivity contribution in [3.63, 3.8) is 0 Å².